The van der Waals surface area contributed by atoms with E-state index >= 15 is 0 Å². The van der Waals surface area contributed by atoms with Crippen molar-refractivity contribution in [2.24, 2.45) is 0 Å². The van der Waals surface area contributed by atoms with E-state index in [4.69, 9.17) is 9.47 Å². The molecule has 0 aliphatic rings. The summed E-state index contributed by atoms with van der Waals surface area (Å²) < 4.78 is 49.4. The predicted molar refractivity (Wildman–Crippen MR) is 91.9 cm³/mol. The Morgan fingerprint density at radius 1 is 1.19 bits per heavy atom. The van der Waals surface area contributed by atoms with Gasteiger partial charge in [-0.1, -0.05) is 6.07 Å². The molecule has 0 bridgehead atoms. The van der Waals surface area contributed by atoms with Crippen LogP contribution in [0, 0.1) is 0 Å². The van der Waals surface area contributed by atoms with Gasteiger partial charge in [0.15, 0.2) is 17.2 Å². The lowest BCUT2D eigenvalue weighted by Crippen LogP contribution is -2.27. The summed E-state index contributed by atoms with van der Waals surface area (Å²) >= 11 is 0.668. The summed E-state index contributed by atoms with van der Waals surface area (Å²) in [6, 6.07) is 5.40. The fraction of sp³-hybridized carbons (Fsp3) is 0.412. The number of carbonyl (C=O) groups is 1. The molecule has 0 aliphatic heterocycles. The molecule has 0 spiro atoms. The summed E-state index contributed by atoms with van der Waals surface area (Å²) in [7, 11) is 0. The standard InChI is InChI=1S/C17H19F3N2O3S/c1-3-24-12-6-5-11(9-13(12)25-4-2)7-8-21-16(23)14-15(17(18,19)20)22-10-26-14/h5-6,9-10H,3-4,7-8H2,1-2H3,(H,21,23). The topological polar surface area (TPSA) is 60.5 Å². The lowest BCUT2D eigenvalue weighted by Gasteiger charge is -2.12. The SMILES string of the molecule is CCOc1ccc(CCNC(=O)c2scnc2C(F)(F)F)cc1OCC. The van der Waals surface area contributed by atoms with E-state index in [0.29, 0.717) is 42.5 Å². The number of alkyl halides is 3. The molecule has 0 unspecified atom stereocenters. The number of benzene rings is 1. The van der Waals surface area contributed by atoms with Crippen LogP contribution >= 0.6 is 11.3 Å². The first-order chi connectivity index (χ1) is 12.4. The Kier molecular flexibility index (Phi) is 6.84. The largest absolute Gasteiger partial charge is 0.490 e. The number of aromatic nitrogens is 1. The molecule has 0 atom stereocenters. The Morgan fingerprint density at radius 3 is 2.54 bits per heavy atom. The molecule has 0 aliphatic carbocycles. The summed E-state index contributed by atoms with van der Waals surface area (Å²) in [6.45, 7) is 4.90. The molecule has 0 radical (unpaired) electrons. The molecule has 5 nitrogen and oxygen atoms in total. The second-order valence-electron chi connectivity index (χ2n) is 5.18. The zero-order chi connectivity index (χ0) is 19.2. The molecule has 142 valence electrons. The van der Waals surface area contributed by atoms with Gasteiger partial charge in [0.25, 0.3) is 5.91 Å². The molecule has 2 aromatic rings. The molecule has 1 aromatic heterocycles. The van der Waals surface area contributed by atoms with Crippen molar-refractivity contribution in [3.8, 4) is 11.5 Å². The van der Waals surface area contributed by atoms with Crippen LogP contribution in [0.25, 0.3) is 0 Å². The maximum atomic E-state index is 12.8. The monoisotopic (exact) mass is 388 g/mol. The van der Waals surface area contributed by atoms with E-state index in [1.54, 1.807) is 12.1 Å². The first-order valence-corrected chi connectivity index (χ1v) is 8.92. The number of carbonyl (C=O) groups excluding carboxylic acids is 1. The molecule has 1 heterocycles. The van der Waals surface area contributed by atoms with E-state index in [0.717, 1.165) is 11.1 Å². The predicted octanol–water partition coefficient (Wildman–Crippen LogP) is 3.93. The number of halogens is 3. The summed E-state index contributed by atoms with van der Waals surface area (Å²) in [6.07, 6.45) is -4.20. The van der Waals surface area contributed by atoms with E-state index in [9.17, 15) is 18.0 Å². The molecular formula is C17H19F3N2O3S. The Balaban J connectivity index is 1.98. The quantitative estimate of drug-likeness (QED) is 0.744. The molecular weight excluding hydrogens is 369 g/mol. The van der Waals surface area contributed by atoms with Crippen molar-refractivity contribution in [3.63, 3.8) is 0 Å². The van der Waals surface area contributed by atoms with Gasteiger partial charge in [-0.2, -0.15) is 13.2 Å². The minimum Gasteiger partial charge on any atom is -0.490 e. The van der Waals surface area contributed by atoms with Gasteiger partial charge in [0.2, 0.25) is 0 Å². The average molecular weight is 388 g/mol. The highest BCUT2D eigenvalue weighted by Gasteiger charge is 2.38. The van der Waals surface area contributed by atoms with Crippen molar-refractivity contribution in [2.45, 2.75) is 26.4 Å². The maximum Gasteiger partial charge on any atom is 0.434 e. The zero-order valence-electron chi connectivity index (χ0n) is 14.4. The van der Waals surface area contributed by atoms with E-state index in [1.807, 2.05) is 19.9 Å². The molecule has 1 aromatic carbocycles. The van der Waals surface area contributed by atoms with E-state index in [1.165, 1.54) is 0 Å². The van der Waals surface area contributed by atoms with Gasteiger partial charge in [0.1, 0.15) is 4.88 Å². The molecule has 9 heteroatoms. The van der Waals surface area contributed by atoms with Crippen molar-refractivity contribution in [3.05, 3.63) is 39.8 Å². The van der Waals surface area contributed by atoms with Crippen molar-refractivity contribution in [1.29, 1.82) is 0 Å². The number of hydrogen-bond acceptors (Lipinski definition) is 5. The van der Waals surface area contributed by atoms with Gasteiger partial charge in [-0.25, -0.2) is 4.98 Å². The van der Waals surface area contributed by atoms with Crippen molar-refractivity contribution < 1.29 is 27.4 Å². The number of hydrogen-bond donors (Lipinski definition) is 1. The number of rotatable bonds is 8. The van der Waals surface area contributed by atoms with Crippen LogP contribution in [-0.2, 0) is 12.6 Å². The third-order valence-corrected chi connectivity index (χ3v) is 4.17. The van der Waals surface area contributed by atoms with Gasteiger partial charge in [0.05, 0.1) is 18.7 Å². The molecule has 1 amide bonds. The molecule has 0 saturated carbocycles. The summed E-state index contributed by atoms with van der Waals surface area (Å²) in [5, 5.41) is 2.50. The van der Waals surface area contributed by atoms with Gasteiger partial charge in [-0.15, -0.1) is 11.3 Å². The molecule has 0 fully saturated rings. The van der Waals surface area contributed by atoms with Gasteiger partial charge >= 0.3 is 6.18 Å². The fourth-order valence-corrected chi connectivity index (χ4v) is 2.98. The smallest absolute Gasteiger partial charge is 0.434 e. The van der Waals surface area contributed by atoms with Crippen molar-refractivity contribution >= 4 is 17.2 Å². The highest BCUT2D eigenvalue weighted by atomic mass is 32.1. The van der Waals surface area contributed by atoms with Gasteiger partial charge in [-0.3, -0.25) is 4.79 Å². The minimum atomic E-state index is -4.64. The highest BCUT2D eigenvalue weighted by molar-refractivity contribution is 7.11. The first-order valence-electron chi connectivity index (χ1n) is 8.04. The van der Waals surface area contributed by atoms with Gasteiger partial charge in [0, 0.05) is 6.54 Å². The van der Waals surface area contributed by atoms with Gasteiger partial charge in [-0.05, 0) is 38.0 Å². The zero-order valence-corrected chi connectivity index (χ0v) is 15.2. The average Bonchev–Trinajstić information content (AvgIpc) is 3.07. The van der Waals surface area contributed by atoms with Crippen LogP contribution in [0.4, 0.5) is 13.2 Å². The summed E-state index contributed by atoms with van der Waals surface area (Å²) in [4.78, 5) is 14.8. The second-order valence-corrected chi connectivity index (χ2v) is 6.04. The van der Waals surface area contributed by atoms with Crippen LogP contribution in [0.1, 0.15) is 34.8 Å². The third-order valence-electron chi connectivity index (χ3n) is 3.35. The van der Waals surface area contributed by atoms with Gasteiger partial charge < -0.3 is 14.8 Å². The van der Waals surface area contributed by atoms with E-state index in [-0.39, 0.29) is 6.54 Å². The van der Waals surface area contributed by atoms with Crippen LogP contribution in [0.2, 0.25) is 0 Å². The number of nitrogens with zero attached hydrogens (tertiary/aromatic N) is 1. The molecule has 26 heavy (non-hydrogen) atoms. The Bertz CT molecular complexity index is 747. The van der Waals surface area contributed by atoms with E-state index < -0.39 is 22.7 Å². The van der Waals surface area contributed by atoms with Crippen LogP contribution in [0.15, 0.2) is 23.7 Å². The normalized spacial score (nSPS) is 11.3. The molecule has 2 rings (SSSR count). The lowest BCUT2D eigenvalue weighted by molar-refractivity contribution is -0.141. The van der Waals surface area contributed by atoms with Crippen LogP contribution in [-0.4, -0.2) is 30.6 Å². The van der Waals surface area contributed by atoms with E-state index in [2.05, 4.69) is 10.3 Å². The Hall–Kier alpha value is -2.29. The number of thiazole rings is 1. The molecule has 1 N–H and O–H groups in total. The second kappa shape index (κ2) is 8.88. The fourth-order valence-electron chi connectivity index (χ4n) is 2.26. The summed E-state index contributed by atoms with van der Waals surface area (Å²) in [5.41, 5.74) is 0.732. The number of amides is 1. The van der Waals surface area contributed by atoms with Crippen LogP contribution in [0.5, 0.6) is 11.5 Å². The first kappa shape index (κ1) is 20.0. The molecule has 0 saturated heterocycles. The minimum absolute atomic E-state index is 0.188. The lowest BCUT2D eigenvalue weighted by atomic mass is 10.1. The highest BCUT2D eigenvalue weighted by Crippen LogP contribution is 2.32. The Morgan fingerprint density at radius 2 is 1.88 bits per heavy atom. The van der Waals surface area contributed by atoms with Crippen LogP contribution < -0.4 is 14.8 Å². The van der Waals surface area contributed by atoms with Crippen LogP contribution in [0.3, 0.4) is 0 Å². The van der Waals surface area contributed by atoms with Crippen molar-refractivity contribution in [1.82, 2.24) is 10.3 Å². The maximum absolute atomic E-state index is 12.8. The van der Waals surface area contributed by atoms with Crippen molar-refractivity contribution in [2.75, 3.05) is 19.8 Å². The Labute approximate surface area is 153 Å². The number of ether oxygens (including phenoxy) is 2. The third kappa shape index (κ3) is 5.10. The summed E-state index contributed by atoms with van der Waals surface area (Å²) in [5.74, 6) is 0.442. The number of nitrogens with one attached hydrogen (secondary N) is 1.